The van der Waals surface area contributed by atoms with Crippen molar-refractivity contribution in [2.75, 3.05) is 30.0 Å². The van der Waals surface area contributed by atoms with Crippen LogP contribution in [0.1, 0.15) is 32.7 Å². The van der Waals surface area contributed by atoms with Gasteiger partial charge in [-0.1, -0.05) is 11.6 Å². The van der Waals surface area contributed by atoms with Crippen molar-refractivity contribution < 1.29 is 27.2 Å². The smallest absolute Gasteiger partial charge is 0.339 e. The minimum absolute atomic E-state index is 0.0318. The number of carbonyl (C=O) groups excluding carboxylic acids is 2. The molecule has 1 aromatic heterocycles. The van der Waals surface area contributed by atoms with Crippen molar-refractivity contribution in [1.29, 1.82) is 0 Å². The van der Waals surface area contributed by atoms with Crippen molar-refractivity contribution in [1.82, 2.24) is 9.88 Å². The third-order valence-electron chi connectivity index (χ3n) is 5.44. The second kappa shape index (κ2) is 9.91. The predicted octanol–water partition coefficient (Wildman–Crippen LogP) is 5.46. The van der Waals surface area contributed by atoms with Crippen LogP contribution in [0.3, 0.4) is 0 Å². The van der Waals surface area contributed by atoms with Crippen molar-refractivity contribution in [3.05, 3.63) is 88.3 Å². The molecule has 1 N–H and O–H groups in total. The lowest BCUT2D eigenvalue weighted by Crippen LogP contribution is -2.48. The van der Waals surface area contributed by atoms with Crippen molar-refractivity contribution in [2.45, 2.75) is 12.6 Å². The summed E-state index contributed by atoms with van der Waals surface area (Å²) in [5.41, 5.74) is -1.07. The zero-order valence-electron chi connectivity index (χ0n) is 18.1. The molecule has 11 heteroatoms. The largest absolute Gasteiger partial charge is 0.417 e. The van der Waals surface area contributed by atoms with Crippen LogP contribution < -0.4 is 10.2 Å². The van der Waals surface area contributed by atoms with Gasteiger partial charge in [-0.15, -0.1) is 0 Å². The molecule has 182 valence electrons. The Labute approximate surface area is 203 Å². The normalized spacial score (nSPS) is 14.1. The maximum absolute atomic E-state index is 13.7. The highest BCUT2D eigenvalue weighted by Gasteiger charge is 2.37. The number of nitrogens with one attached hydrogen (secondary N) is 1. The zero-order valence-corrected chi connectivity index (χ0v) is 18.9. The summed E-state index contributed by atoms with van der Waals surface area (Å²) in [4.78, 5) is 32.5. The number of benzene rings is 2. The summed E-state index contributed by atoms with van der Waals surface area (Å²) in [7, 11) is 0. The highest BCUT2D eigenvalue weighted by atomic mass is 35.5. The molecule has 0 unspecified atom stereocenters. The molecule has 0 radical (unpaired) electrons. The van der Waals surface area contributed by atoms with Crippen LogP contribution in [0.2, 0.25) is 5.02 Å². The second-order valence-electron chi connectivity index (χ2n) is 7.88. The van der Waals surface area contributed by atoms with E-state index < -0.39 is 29.0 Å². The van der Waals surface area contributed by atoms with E-state index in [2.05, 4.69) is 10.3 Å². The highest BCUT2D eigenvalue weighted by molar-refractivity contribution is 6.30. The molecule has 0 aliphatic carbocycles. The van der Waals surface area contributed by atoms with Crippen molar-refractivity contribution in [3.8, 4) is 0 Å². The summed E-state index contributed by atoms with van der Waals surface area (Å²) in [6, 6.07) is 11.6. The molecule has 4 rings (SSSR count). The van der Waals surface area contributed by atoms with E-state index in [-0.39, 0.29) is 19.1 Å². The number of aromatic nitrogens is 1. The average molecular weight is 507 g/mol. The first-order chi connectivity index (χ1) is 16.6. The Hall–Kier alpha value is -3.66. The van der Waals surface area contributed by atoms with Crippen LogP contribution in [-0.2, 0) is 6.18 Å². The number of hydrogen-bond donors (Lipinski definition) is 1. The number of alkyl halides is 3. The summed E-state index contributed by atoms with van der Waals surface area (Å²) < 4.78 is 53.7. The Morgan fingerprint density at radius 2 is 1.74 bits per heavy atom. The number of hydrogen-bond acceptors (Lipinski definition) is 4. The Kier molecular flexibility index (Phi) is 6.93. The van der Waals surface area contributed by atoms with E-state index in [1.807, 2.05) is 0 Å². The molecule has 0 saturated carbocycles. The van der Waals surface area contributed by atoms with E-state index in [0.29, 0.717) is 53.3 Å². The van der Waals surface area contributed by atoms with E-state index in [9.17, 15) is 27.2 Å². The summed E-state index contributed by atoms with van der Waals surface area (Å²) in [6.07, 6.45) is -2.95. The first kappa shape index (κ1) is 24.5. The van der Waals surface area contributed by atoms with Crippen molar-refractivity contribution >= 4 is 34.9 Å². The summed E-state index contributed by atoms with van der Waals surface area (Å²) in [5.74, 6) is -1.78. The number of carbonyl (C=O) groups is 2. The van der Waals surface area contributed by atoms with Crippen LogP contribution in [-0.4, -0.2) is 41.5 Å². The SMILES string of the molecule is O=C(Nc1ccc(Cl)cc1)c1ccc(N2CCCN(C(=O)c3cc(F)ccc3C(F)(F)F)C2)nc1. The molecule has 1 aliphatic heterocycles. The van der Waals surface area contributed by atoms with Gasteiger partial charge in [0, 0.05) is 30.0 Å². The minimum Gasteiger partial charge on any atom is -0.339 e. The lowest BCUT2D eigenvalue weighted by atomic mass is 10.0. The van der Waals surface area contributed by atoms with E-state index in [1.54, 1.807) is 41.3 Å². The first-order valence-corrected chi connectivity index (χ1v) is 10.9. The maximum atomic E-state index is 13.7. The second-order valence-corrected chi connectivity index (χ2v) is 8.32. The third kappa shape index (κ3) is 5.71. The molecule has 6 nitrogen and oxygen atoms in total. The van der Waals surface area contributed by atoms with Gasteiger partial charge in [-0.2, -0.15) is 13.2 Å². The van der Waals surface area contributed by atoms with E-state index in [4.69, 9.17) is 11.6 Å². The molecular formula is C24H19ClF4N4O2. The number of anilines is 2. The lowest BCUT2D eigenvalue weighted by molar-refractivity contribution is -0.138. The van der Waals surface area contributed by atoms with E-state index >= 15 is 0 Å². The van der Waals surface area contributed by atoms with Crippen LogP contribution in [0.25, 0.3) is 0 Å². The van der Waals surface area contributed by atoms with Crippen LogP contribution in [0, 0.1) is 5.82 Å². The fourth-order valence-electron chi connectivity index (χ4n) is 3.71. The van der Waals surface area contributed by atoms with Crippen molar-refractivity contribution in [2.24, 2.45) is 0 Å². The molecule has 0 atom stereocenters. The average Bonchev–Trinajstić information content (AvgIpc) is 2.84. The Bertz CT molecular complexity index is 1230. The fourth-order valence-corrected chi connectivity index (χ4v) is 3.83. The molecular weight excluding hydrogens is 488 g/mol. The molecule has 1 aliphatic rings. The number of halogens is 5. The zero-order chi connectivity index (χ0) is 25.2. The van der Waals surface area contributed by atoms with Gasteiger partial charge in [0.2, 0.25) is 0 Å². The topological polar surface area (TPSA) is 65.5 Å². The van der Waals surface area contributed by atoms with Crippen LogP contribution in [0.15, 0.2) is 60.8 Å². The van der Waals surface area contributed by atoms with Crippen molar-refractivity contribution in [3.63, 3.8) is 0 Å². The molecule has 2 aromatic carbocycles. The highest BCUT2D eigenvalue weighted by Crippen LogP contribution is 2.33. The molecule has 2 heterocycles. The number of nitrogens with zero attached hydrogens (tertiary/aromatic N) is 3. The minimum atomic E-state index is -4.79. The lowest BCUT2D eigenvalue weighted by Gasteiger charge is -2.36. The molecule has 0 spiro atoms. The quantitative estimate of drug-likeness (QED) is 0.478. The van der Waals surface area contributed by atoms with Gasteiger partial charge in [-0.25, -0.2) is 9.37 Å². The van der Waals surface area contributed by atoms with Gasteiger partial charge in [0.1, 0.15) is 11.6 Å². The van der Waals surface area contributed by atoms with Gasteiger partial charge >= 0.3 is 6.18 Å². The van der Waals surface area contributed by atoms with E-state index in [0.717, 1.165) is 0 Å². The molecule has 35 heavy (non-hydrogen) atoms. The molecule has 3 aromatic rings. The molecule has 0 bridgehead atoms. The first-order valence-electron chi connectivity index (χ1n) is 10.6. The Morgan fingerprint density at radius 3 is 2.40 bits per heavy atom. The summed E-state index contributed by atoms with van der Waals surface area (Å²) in [5, 5.41) is 3.26. The standard InChI is InChI=1S/C24H19ClF4N4O2/c25-16-3-6-18(7-4-16)31-22(34)15-2-9-21(30-13-15)32-10-1-11-33(14-32)23(35)19-12-17(26)5-8-20(19)24(27,28)29/h2-9,12-13H,1,10-11,14H2,(H,31,34). The van der Waals surface area contributed by atoms with Gasteiger partial charge in [-0.3, -0.25) is 9.59 Å². The van der Waals surface area contributed by atoms with Gasteiger partial charge in [0.05, 0.1) is 23.4 Å². The summed E-state index contributed by atoms with van der Waals surface area (Å²) >= 11 is 5.84. The molecule has 2 amide bonds. The van der Waals surface area contributed by atoms with Gasteiger partial charge in [0.25, 0.3) is 11.8 Å². The maximum Gasteiger partial charge on any atom is 0.417 e. The Morgan fingerprint density at radius 1 is 1.00 bits per heavy atom. The van der Waals surface area contributed by atoms with Crippen LogP contribution in [0.5, 0.6) is 0 Å². The van der Waals surface area contributed by atoms with Gasteiger partial charge in [-0.05, 0) is 61.0 Å². The van der Waals surface area contributed by atoms with Gasteiger partial charge < -0.3 is 15.1 Å². The van der Waals surface area contributed by atoms with E-state index in [1.165, 1.54) is 11.1 Å². The predicted molar refractivity (Wildman–Crippen MR) is 123 cm³/mol. The summed E-state index contributed by atoms with van der Waals surface area (Å²) in [6.45, 7) is 0.684. The van der Waals surface area contributed by atoms with Crippen LogP contribution in [0.4, 0.5) is 29.1 Å². The molecule has 1 fully saturated rings. The Balaban J connectivity index is 1.47. The fraction of sp³-hybridized carbons (Fsp3) is 0.208. The molecule has 1 saturated heterocycles. The number of pyridine rings is 1. The van der Waals surface area contributed by atoms with Crippen LogP contribution >= 0.6 is 11.6 Å². The third-order valence-corrected chi connectivity index (χ3v) is 5.69. The number of amides is 2. The van der Waals surface area contributed by atoms with Gasteiger partial charge in [0.15, 0.2) is 0 Å². The monoisotopic (exact) mass is 506 g/mol. The number of rotatable bonds is 4.